The van der Waals surface area contributed by atoms with Gasteiger partial charge >= 0.3 is 70.4 Å². The van der Waals surface area contributed by atoms with Crippen molar-refractivity contribution in [3.05, 3.63) is 89.5 Å². The maximum absolute atomic E-state index is 13.0. The van der Waals surface area contributed by atoms with E-state index in [2.05, 4.69) is 102 Å². The summed E-state index contributed by atoms with van der Waals surface area (Å²) >= 11 is 0. The molecule has 26 nitrogen and oxygen atoms in total. The monoisotopic (exact) mass is 1620 g/mol. The van der Waals surface area contributed by atoms with Gasteiger partial charge in [0.15, 0.2) is 17.3 Å². The first kappa shape index (κ1) is 88.6. The van der Waals surface area contributed by atoms with Gasteiger partial charge in [-0.15, -0.1) is 0 Å². The first-order valence-electron chi connectivity index (χ1n) is 38.0. The highest BCUT2D eigenvalue weighted by Crippen LogP contribution is 2.56. The summed E-state index contributed by atoms with van der Waals surface area (Å²) in [6.45, 7) is 38.2. The minimum atomic E-state index is -4.49. The number of ether oxygens (including phenoxy) is 3. The molecule has 6 fully saturated rings. The molecule has 6 aliphatic rings. The lowest BCUT2D eigenvalue weighted by Gasteiger charge is -2.64. The molecule has 8 bridgehead atoms. The van der Waals surface area contributed by atoms with Gasteiger partial charge in [-0.3, -0.25) is 24.2 Å². The number of rotatable bonds is 42. The fourth-order valence-corrected chi connectivity index (χ4v) is 65.6. The smallest absolute Gasteiger partial charge is 0.479 e. The Morgan fingerprint density at radius 1 is 0.330 bits per heavy atom. The molecule has 0 aliphatic carbocycles. The number of Topliss-reactive ketones (excluding diaryl/α,β-unsaturated/α-hetero) is 3. The van der Waals surface area contributed by atoms with E-state index in [-0.39, 0.29) is 123 Å². The highest BCUT2D eigenvalue weighted by atomic mass is 28.6. The number of hydrogen-bond donors (Lipinski definition) is 6. The molecule has 106 heavy (non-hydrogen) atoms. The molecule has 9 rings (SSSR count). The van der Waals surface area contributed by atoms with Gasteiger partial charge in [-0.05, 0) is 169 Å². The summed E-state index contributed by atoms with van der Waals surface area (Å²) in [4.78, 5) is 42.6. The fraction of sp³-hybridized carbons (Fsp3) is 0.708. The van der Waals surface area contributed by atoms with Crippen molar-refractivity contribution >= 4 is 87.8 Å². The summed E-state index contributed by atoms with van der Waals surface area (Å²) in [5, 5.41) is 67.2. The number of aliphatic hydroxyl groups is 6. The van der Waals surface area contributed by atoms with Gasteiger partial charge in [0.25, 0.3) is 0 Å². The Balaban J connectivity index is 1.20. The van der Waals surface area contributed by atoms with Crippen LogP contribution >= 0.6 is 0 Å². The van der Waals surface area contributed by atoms with Crippen molar-refractivity contribution in [3.63, 3.8) is 0 Å². The van der Waals surface area contributed by atoms with Crippen LogP contribution in [0.2, 0.25) is 48.4 Å². The second-order valence-corrected chi connectivity index (χ2v) is 58.3. The average molecular weight is 1630 g/mol. The summed E-state index contributed by atoms with van der Waals surface area (Å²) in [7, 11) is -34.2. The van der Waals surface area contributed by atoms with Crippen LogP contribution < -0.4 is 14.2 Å². The second kappa shape index (κ2) is 35.6. The number of benzene rings is 3. The molecule has 6 saturated heterocycles. The molecule has 6 aliphatic heterocycles. The number of ketones is 3. The van der Waals surface area contributed by atoms with Crippen LogP contribution in [-0.2, 0) is 49.4 Å². The van der Waals surface area contributed by atoms with Gasteiger partial charge in [0.05, 0.1) is 0 Å². The number of hydrogen-bond acceptors (Lipinski definition) is 26. The second-order valence-electron chi connectivity index (χ2n) is 34.2. The molecular formula is C72H124N2O24Si8. The van der Waals surface area contributed by atoms with Gasteiger partial charge in [0, 0.05) is 97.8 Å². The van der Waals surface area contributed by atoms with Crippen molar-refractivity contribution in [3.8, 4) is 17.2 Å². The standard InChI is InChI=1S/C72H124N2O24Si8/c1-51(2)44-100-87-99(88-101(45-52(3)4)92-103(90-100,47-54(7)8)96-106(50-57(13)14)97-104(91-100,48-55(9)10)93-102(89-99,46-53(5)6)95-105(94-101,98-106)49-56(11)12)37-21-34-73(38-61(75)41-84-64-28-22-58(23-29-64)67(78)70(15,16)81)35-36-74(39-62(76)42-85-65-30-24-59(25-31-65)68(79)71(17,18)82)40-63(77)43-86-66-32-26-60(27-33-66)69(80)72(19,20)83/h22-33,51-57,61-63,75-77,81-83H,21,34-50H2,1-20H3. The quantitative estimate of drug-likeness (QED) is 0.0227. The van der Waals surface area contributed by atoms with Crippen LogP contribution in [0.4, 0.5) is 0 Å². The Morgan fingerprint density at radius 3 is 0.736 bits per heavy atom. The van der Waals surface area contributed by atoms with E-state index in [4.69, 9.17) is 63.6 Å². The highest BCUT2D eigenvalue weighted by Gasteiger charge is 2.83. The van der Waals surface area contributed by atoms with Crippen molar-refractivity contribution in [1.82, 2.24) is 9.80 Å². The van der Waals surface area contributed by atoms with Crippen LogP contribution in [0.3, 0.4) is 0 Å². The predicted octanol–water partition coefficient (Wildman–Crippen LogP) is 10.5. The molecule has 34 heteroatoms. The molecule has 0 aromatic heterocycles. The third-order valence-corrected chi connectivity index (χ3v) is 57.8. The number of carbonyl (C=O) groups is 3. The Labute approximate surface area is 638 Å². The van der Waals surface area contributed by atoms with Crippen LogP contribution in [0.25, 0.3) is 0 Å². The first-order chi connectivity index (χ1) is 49.1. The molecule has 6 heterocycles. The first-order valence-corrected chi connectivity index (χ1v) is 53.5. The molecule has 6 N–H and O–H groups in total. The average Bonchev–Trinajstić information content (AvgIpc) is 0.684. The summed E-state index contributed by atoms with van der Waals surface area (Å²) in [5.74, 6) is -0.586. The zero-order valence-electron chi connectivity index (χ0n) is 66.4. The van der Waals surface area contributed by atoms with E-state index < -0.39 is 123 Å². The van der Waals surface area contributed by atoms with E-state index in [1.807, 2.05) is 4.90 Å². The molecule has 0 spiro atoms. The largest absolute Gasteiger partial charge is 0.491 e. The van der Waals surface area contributed by atoms with E-state index in [0.717, 1.165) is 0 Å². The van der Waals surface area contributed by atoms with E-state index in [0.29, 0.717) is 66.0 Å². The molecule has 0 amide bonds. The number of nitrogens with zero attached hydrogens (tertiary/aromatic N) is 2. The predicted molar refractivity (Wildman–Crippen MR) is 415 cm³/mol. The van der Waals surface area contributed by atoms with Gasteiger partial charge in [-0.2, -0.15) is 0 Å². The van der Waals surface area contributed by atoms with Crippen LogP contribution in [-0.4, -0.2) is 222 Å². The van der Waals surface area contributed by atoms with Gasteiger partial charge in [-0.25, -0.2) is 0 Å². The van der Waals surface area contributed by atoms with Gasteiger partial charge in [-0.1, -0.05) is 96.9 Å². The van der Waals surface area contributed by atoms with Crippen LogP contribution in [0.5, 0.6) is 17.2 Å². The zero-order valence-corrected chi connectivity index (χ0v) is 74.4. The molecule has 0 radical (unpaired) electrons. The zero-order chi connectivity index (χ0) is 78.4. The number of aliphatic hydroxyl groups excluding tert-OH is 3. The van der Waals surface area contributed by atoms with Crippen molar-refractivity contribution in [2.24, 2.45) is 41.4 Å². The molecule has 3 atom stereocenters. The van der Waals surface area contributed by atoms with Crippen LogP contribution in [0.15, 0.2) is 72.8 Å². The summed E-state index contributed by atoms with van der Waals surface area (Å²) in [6, 6.07) is 21.3. The normalized spacial score (nSPS) is 27.9. The van der Waals surface area contributed by atoms with Crippen molar-refractivity contribution in [1.29, 1.82) is 0 Å². The maximum atomic E-state index is 13.0. The summed E-state index contributed by atoms with van der Waals surface area (Å²) in [5.41, 5.74) is -3.92. The molecule has 0 saturated carbocycles. The van der Waals surface area contributed by atoms with Crippen molar-refractivity contribution in [2.75, 3.05) is 59.1 Å². The minimum Gasteiger partial charge on any atom is -0.491 e. The Morgan fingerprint density at radius 2 is 0.528 bits per heavy atom. The van der Waals surface area contributed by atoms with E-state index >= 15 is 0 Å². The Hall–Kier alpha value is -2.99. The molecule has 3 unspecified atom stereocenters. The summed E-state index contributed by atoms with van der Waals surface area (Å²) < 4.78 is 115. The lowest BCUT2D eigenvalue weighted by molar-refractivity contribution is -0.0344. The third-order valence-electron chi connectivity index (χ3n) is 17.8. The molecule has 598 valence electrons. The van der Waals surface area contributed by atoms with Crippen LogP contribution in [0, 0.1) is 41.4 Å². The lowest BCUT2D eigenvalue weighted by atomic mass is 9.97. The minimum absolute atomic E-state index is 0.00380. The summed E-state index contributed by atoms with van der Waals surface area (Å²) in [6.07, 6.45) is -3.10. The van der Waals surface area contributed by atoms with Gasteiger partial charge in [0.1, 0.15) is 72.2 Å². The van der Waals surface area contributed by atoms with E-state index in [1.165, 1.54) is 41.5 Å². The molecule has 3 aromatic rings. The van der Waals surface area contributed by atoms with Gasteiger partial charge in [0.2, 0.25) is 0 Å². The number of carbonyl (C=O) groups excluding carboxylic acids is 3. The van der Waals surface area contributed by atoms with Crippen molar-refractivity contribution < 1.29 is 109 Å². The molecular weight excluding hydrogens is 1500 g/mol. The third kappa shape index (κ3) is 24.5. The van der Waals surface area contributed by atoms with E-state index in [9.17, 15) is 45.0 Å². The van der Waals surface area contributed by atoms with Crippen molar-refractivity contribution in [2.45, 2.75) is 228 Å². The topological polar surface area (TPSA) is 318 Å². The van der Waals surface area contributed by atoms with Gasteiger partial charge < -0.3 is 94.2 Å². The highest BCUT2D eigenvalue weighted by molar-refractivity contribution is 7.03. The van der Waals surface area contributed by atoms with Crippen LogP contribution in [0.1, 0.15) is 176 Å². The Kier molecular flexibility index (Phi) is 29.7. The Bertz CT molecular complexity index is 3130. The SMILES string of the molecule is CC(C)C[Si]12O[Si]3(CCCN(CCN(CC(O)COc4ccc(C(=O)C(C)(C)O)cc4)CC(O)COc4ccc(C(=O)C(C)(C)O)cc4)CC(O)COc4ccc(C(=O)C(C)(C)O)cc4)O[Si]4(CC(C)C)O[Si](CC(C)C)(O1)O[Si]1(CC(C)C)O[Si](CC(C)C)(O2)O[Si](CC(C)C)(O3)O[Si](CC(C)C)(O4)O1. The fourth-order valence-electron chi connectivity index (χ4n) is 14.0. The lowest BCUT2D eigenvalue weighted by Crippen LogP contribution is -2.88. The maximum Gasteiger partial charge on any atom is 0.479 e. The molecule has 3 aromatic carbocycles. The van der Waals surface area contributed by atoms with E-state index in [1.54, 1.807) is 72.8 Å².